The van der Waals surface area contributed by atoms with Crippen molar-refractivity contribution in [3.05, 3.63) is 41.4 Å². The number of rotatable bonds is 5. The lowest BCUT2D eigenvalue weighted by Crippen LogP contribution is -2.41. The molecule has 2 N–H and O–H groups in total. The number of alkyl halides is 3. The fourth-order valence-electron chi connectivity index (χ4n) is 2.22. The van der Waals surface area contributed by atoms with Gasteiger partial charge in [-0.05, 0) is 43.0 Å². The Labute approximate surface area is 151 Å². The van der Waals surface area contributed by atoms with Crippen LogP contribution >= 0.6 is 23.5 Å². The predicted molar refractivity (Wildman–Crippen MR) is 89.6 cm³/mol. The molecule has 10 heteroatoms. The topological polar surface area (TPSA) is 59.0 Å². The maximum Gasteiger partial charge on any atom is 0.407 e. The molecule has 25 heavy (non-hydrogen) atoms. The molecule has 1 fully saturated rings. The highest BCUT2D eigenvalue weighted by atomic mass is 35.5. The van der Waals surface area contributed by atoms with Gasteiger partial charge in [0.25, 0.3) is 5.91 Å². The highest BCUT2D eigenvalue weighted by Crippen LogP contribution is 2.50. The molecule has 0 unspecified atom stereocenters. The van der Waals surface area contributed by atoms with E-state index < -0.39 is 17.6 Å². The van der Waals surface area contributed by atoms with Crippen molar-refractivity contribution >= 4 is 35.1 Å². The molecule has 134 valence electrons. The van der Waals surface area contributed by atoms with Crippen molar-refractivity contribution in [1.29, 1.82) is 0 Å². The Bertz CT molecular complexity index is 804. The van der Waals surface area contributed by atoms with Crippen molar-refractivity contribution < 1.29 is 18.0 Å². The molecule has 2 aromatic rings. The van der Waals surface area contributed by atoms with E-state index in [0.717, 1.165) is 11.9 Å². The Morgan fingerprint density at radius 3 is 2.72 bits per heavy atom. The summed E-state index contributed by atoms with van der Waals surface area (Å²) in [5, 5.41) is 2.91. The van der Waals surface area contributed by atoms with Gasteiger partial charge in [-0.2, -0.15) is 13.2 Å². The predicted octanol–water partition coefficient (Wildman–Crippen LogP) is 4.02. The van der Waals surface area contributed by atoms with Crippen molar-refractivity contribution in [2.24, 2.45) is 7.05 Å². The van der Waals surface area contributed by atoms with Crippen LogP contribution in [0.4, 0.5) is 18.9 Å². The van der Waals surface area contributed by atoms with Gasteiger partial charge in [0.15, 0.2) is 0 Å². The number of hydrogen-bond acceptors (Lipinski definition) is 4. The van der Waals surface area contributed by atoms with Gasteiger partial charge >= 0.3 is 6.18 Å². The standard InChI is InChI=1S/C15H14ClF3N4OS/c1-23-8-10(25-22-14(3-4-14)15(17,18)19)7-11(23)13(24)21-9-2-5-20-12(16)6-9/h2,5-8,22H,3-4H2,1H3,(H,20,21,24). The highest BCUT2D eigenvalue weighted by Gasteiger charge is 2.63. The van der Waals surface area contributed by atoms with Gasteiger partial charge in [0.1, 0.15) is 16.4 Å². The summed E-state index contributed by atoms with van der Waals surface area (Å²) in [5.74, 6) is -0.395. The summed E-state index contributed by atoms with van der Waals surface area (Å²) in [6.45, 7) is 0. The van der Waals surface area contributed by atoms with E-state index in [4.69, 9.17) is 11.6 Å². The van der Waals surface area contributed by atoms with Gasteiger partial charge in [0.05, 0.1) is 0 Å². The molecule has 2 aromatic heterocycles. The fourth-order valence-corrected chi connectivity index (χ4v) is 3.40. The number of carbonyl (C=O) groups excluding carboxylic acids is 1. The summed E-state index contributed by atoms with van der Waals surface area (Å²) < 4.78 is 42.8. The van der Waals surface area contributed by atoms with E-state index in [-0.39, 0.29) is 18.0 Å². The molecule has 0 saturated heterocycles. The van der Waals surface area contributed by atoms with Crippen LogP contribution in [0, 0.1) is 0 Å². The molecule has 0 bridgehead atoms. The minimum absolute atomic E-state index is 0.0620. The third-order valence-corrected chi connectivity index (χ3v) is 5.01. The normalized spacial score (nSPS) is 15.9. The van der Waals surface area contributed by atoms with Gasteiger partial charge in [0.2, 0.25) is 0 Å². The van der Waals surface area contributed by atoms with Crippen LogP contribution in [0.15, 0.2) is 35.5 Å². The maximum atomic E-state index is 12.9. The second-order valence-corrected chi connectivity index (χ2v) is 7.04. The number of halogens is 4. The van der Waals surface area contributed by atoms with Crippen LogP contribution in [0.1, 0.15) is 23.3 Å². The van der Waals surface area contributed by atoms with Gasteiger partial charge in [-0.25, -0.2) is 9.71 Å². The van der Waals surface area contributed by atoms with Crippen molar-refractivity contribution in [1.82, 2.24) is 14.3 Å². The van der Waals surface area contributed by atoms with Crippen molar-refractivity contribution in [3.63, 3.8) is 0 Å². The van der Waals surface area contributed by atoms with E-state index in [9.17, 15) is 18.0 Å². The number of anilines is 1. The molecule has 0 radical (unpaired) electrons. The van der Waals surface area contributed by atoms with Crippen LogP contribution in [0.5, 0.6) is 0 Å². The molecule has 2 heterocycles. The third kappa shape index (κ3) is 3.94. The van der Waals surface area contributed by atoms with Gasteiger partial charge in [0, 0.05) is 30.0 Å². The van der Waals surface area contributed by atoms with E-state index >= 15 is 0 Å². The molecule has 0 aromatic carbocycles. The number of hydrogen-bond donors (Lipinski definition) is 2. The second kappa shape index (κ2) is 6.54. The summed E-state index contributed by atoms with van der Waals surface area (Å²) in [5.41, 5.74) is -1.02. The molecule has 5 nitrogen and oxygen atoms in total. The molecule has 0 spiro atoms. The van der Waals surface area contributed by atoms with E-state index in [1.54, 1.807) is 23.9 Å². The molecule has 1 saturated carbocycles. The molecule has 0 aliphatic heterocycles. The van der Waals surface area contributed by atoms with Gasteiger partial charge in [-0.1, -0.05) is 11.6 Å². The maximum absolute atomic E-state index is 12.9. The molecular formula is C15H14ClF3N4OS. The van der Waals surface area contributed by atoms with Gasteiger partial charge in [-0.3, -0.25) is 4.79 Å². The van der Waals surface area contributed by atoms with Crippen LogP contribution in [0.3, 0.4) is 0 Å². The lowest BCUT2D eigenvalue weighted by molar-refractivity contribution is -0.160. The summed E-state index contributed by atoms with van der Waals surface area (Å²) in [4.78, 5) is 16.7. The lowest BCUT2D eigenvalue weighted by atomic mass is 10.3. The Morgan fingerprint density at radius 2 is 2.12 bits per heavy atom. The third-order valence-electron chi connectivity index (χ3n) is 3.85. The quantitative estimate of drug-likeness (QED) is 0.598. The summed E-state index contributed by atoms with van der Waals surface area (Å²) in [6.07, 6.45) is -1.10. The van der Waals surface area contributed by atoms with Crippen molar-refractivity contribution in [2.75, 3.05) is 5.32 Å². The van der Waals surface area contributed by atoms with Crippen molar-refractivity contribution in [3.8, 4) is 0 Å². The molecule has 1 aliphatic carbocycles. The second-order valence-electron chi connectivity index (χ2n) is 5.78. The van der Waals surface area contributed by atoms with E-state index in [1.165, 1.54) is 18.3 Å². The zero-order valence-corrected chi connectivity index (χ0v) is 14.6. The average Bonchev–Trinajstić information content (AvgIpc) is 3.23. The molecule has 1 aliphatic rings. The minimum atomic E-state index is -4.28. The first-order chi connectivity index (χ1) is 11.7. The molecule has 0 atom stereocenters. The number of nitrogens with one attached hydrogen (secondary N) is 2. The summed E-state index contributed by atoms with van der Waals surface area (Å²) >= 11 is 6.64. The van der Waals surface area contributed by atoms with Crippen LogP contribution < -0.4 is 10.0 Å². The Hall–Kier alpha value is -1.71. The van der Waals surface area contributed by atoms with Crippen LogP contribution in [-0.4, -0.2) is 27.2 Å². The number of aryl methyl sites for hydroxylation is 1. The first-order valence-corrected chi connectivity index (χ1v) is 8.50. The zero-order valence-electron chi connectivity index (χ0n) is 13.0. The highest BCUT2D eigenvalue weighted by molar-refractivity contribution is 7.97. The minimum Gasteiger partial charge on any atom is -0.345 e. The number of nitrogens with zero attached hydrogens (tertiary/aromatic N) is 2. The van der Waals surface area contributed by atoms with Crippen LogP contribution in [0.25, 0.3) is 0 Å². The van der Waals surface area contributed by atoms with Gasteiger partial charge < -0.3 is 9.88 Å². The summed E-state index contributed by atoms with van der Waals surface area (Å²) in [7, 11) is 1.65. The van der Waals surface area contributed by atoms with Crippen LogP contribution in [0.2, 0.25) is 5.15 Å². The van der Waals surface area contributed by atoms with E-state index in [1.807, 2.05) is 0 Å². The fraction of sp³-hybridized carbons (Fsp3) is 0.333. The monoisotopic (exact) mass is 390 g/mol. The Balaban J connectivity index is 1.67. The van der Waals surface area contributed by atoms with Gasteiger partial charge in [-0.15, -0.1) is 0 Å². The zero-order chi connectivity index (χ0) is 18.2. The summed E-state index contributed by atoms with van der Waals surface area (Å²) in [6, 6.07) is 4.62. The van der Waals surface area contributed by atoms with Crippen molar-refractivity contribution in [2.45, 2.75) is 29.5 Å². The SMILES string of the molecule is Cn1cc(SNC2(C(F)(F)F)CC2)cc1C(=O)Nc1ccnc(Cl)c1. The lowest BCUT2D eigenvalue weighted by Gasteiger charge is -2.19. The van der Waals surface area contributed by atoms with E-state index in [2.05, 4.69) is 15.0 Å². The van der Waals surface area contributed by atoms with E-state index in [0.29, 0.717) is 16.3 Å². The average molecular weight is 391 g/mol. The number of carbonyl (C=O) groups is 1. The first kappa shape index (κ1) is 18.1. The molecule has 1 amide bonds. The number of amides is 1. The Morgan fingerprint density at radius 1 is 1.40 bits per heavy atom. The molecular weight excluding hydrogens is 377 g/mol. The molecule has 3 rings (SSSR count). The number of aromatic nitrogens is 2. The smallest absolute Gasteiger partial charge is 0.345 e. The number of pyridine rings is 1. The first-order valence-electron chi connectivity index (χ1n) is 7.30. The Kier molecular flexibility index (Phi) is 4.74. The largest absolute Gasteiger partial charge is 0.407 e. The van der Waals surface area contributed by atoms with Crippen LogP contribution in [-0.2, 0) is 7.05 Å².